The molecular weight excluding hydrogens is 276 g/mol. The molecule has 0 bridgehead atoms. The molecule has 0 saturated carbocycles. The summed E-state index contributed by atoms with van der Waals surface area (Å²) in [5.41, 5.74) is 4.32. The van der Waals surface area contributed by atoms with Gasteiger partial charge in [0.25, 0.3) is 5.91 Å². The highest BCUT2D eigenvalue weighted by Gasteiger charge is 2.14. The highest BCUT2D eigenvalue weighted by molar-refractivity contribution is 6.34. The molecule has 104 valence electrons. The molecule has 0 unspecified atom stereocenters. The minimum Gasteiger partial charge on any atom is -0.320 e. The van der Waals surface area contributed by atoms with Crippen molar-refractivity contribution >= 4 is 29.0 Å². The Kier molecular flexibility index (Phi) is 4.55. The number of halogens is 1. The van der Waals surface area contributed by atoms with Crippen molar-refractivity contribution in [1.29, 1.82) is 0 Å². The lowest BCUT2D eigenvalue weighted by atomic mass is 10.1. The molecule has 0 spiro atoms. The minimum atomic E-state index is -0.368. The Labute approximate surface area is 122 Å². The van der Waals surface area contributed by atoms with Crippen molar-refractivity contribution in [3.8, 4) is 0 Å². The Bertz CT molecular complexity index is 630. The molecule has 0 atom stereocenters. The Morgan fingerprint density at radius 1 is 1.30 bits per heavy atom. The van der Waals surface area contributed by atoms with Crippen molar-refractivity contribution in [2.24, 2.45) is 5.84 Å². The second-order valence-electron chi connectivity index (χ2n) is 4.14. The maximum absolute atomic E-state index is 12.2. The smallest absolute Gasteiger partial charge is 0.275 e. The summed E-state index contributed by atoms with van der Waals surface area (Å²) in [6, 6.07) is 10.8. The van der Waals surface area contributed by atoms with Gasteiger partial charge in [-0.1, -0.05) is 36.7 Å². The topological polar surface area (TPSA) is 80.0 Å². The van der Waals surface area contributed by atoms with Crippen LogP contribution in [0.25, 0.3) is 0 Å². The van der Waals surface area contributed by atoms with Gasteiger partial charge in [-0.15, -0.1) is 0 Å². The van der Waals surface area contributed by atoms with Crippen LogP contribution in [0.3, 0.4) is 0 Å². The summed E-state index contributed by atoms with van der Waals surface area (Å²) in [5, 5.41) is 3.09. The van der Waals surface area contributed by atoms with Gasteiger partial charge in [0.05, 0.1) is 5.02 Å². The average molecular weight is 291 g/mol. The summed E-state index contributed by atoms with van der Waals surface area (Å²) < 4.78 is 0. The largest absolute Gasteiger partial charge is 0.320 e. The Morgan fingerprint density at radius 2 is 2.05 bits per heavy atom. The van der Waals surface area contributed by atoms with Gasteiger partial charge in [-0.2, -0.15) is 0 Å². The van der Waals surface area contributed by atoms with Gasteiger partial charge in [-0.05, 0) is 30.2 Å². The van der Waals surface area contributed by atoms with Crippen molar-refractivity contribution in [2.45, 2.75) is 13.3 Å². The summed E-state index contributed by atoms with van der Waals surface area (Å²) in [7, 11) is 0. The van der Waals surface area contributed by atoms with E-state index < -0.39 is 0 Å². The number of hydrazine groups is 1. The Hall–Kier alpha value is -2.11. The molecule has 0 aliphatic rings. The van der Waals surface area contributed by atoms with Crippen LogP contribution in [0.1, 0.15) is 23.0 Å². The first-order chi connectivity index (χ1) is 9.65. The van der Waals surface area contributed by atoms with E-state index in [1.807, 2.05) is 31.2 Å². The van der Waals surface area contributed by atoms with Crippen LogP contribution in [-0.4, -0.2) is 10.9 Å². The summed E-state index contributed by atoms with van der Waals surface area (Å²) >= 11 is 6.00. The molecule has 1 aromatic heterocycles. The third kappa shape index (κ3) is 3.07. The molecule has 6 heteroatoms. The molecule has 0 aliphatic heterocycles. The fourth-order valence-electron chi connectivity index (χ4n) is 1.81. The molecule has 0 radical (unpaired) electrons. The number of amides is 1. The molecule has 0 saturated heterocycles. The van der Waals surface area contributed by atoms with E-state index >= 15 is 0 Å². The summed E-state index contributed by atoms with van der Waals surface area (Å²) in [5.74, 6) is 5.29. The maximum Gasteiger partial charge on any atom is 0.275 e. The van der Waals surface area contributed by atoms with Crippen molar-refractivity contribution < 1.29 is 4.79 Å². The molecule has 1 heterocycles. The normalized spacial score (nSPS) is 10.2. The molecule has 0 fully saturated rings. The van der Waals surface area contributed by atoms with Gasteiger partial charge >= 0.3 is 0 Å². The molecule has 1 aromatic carbocycles. The lowest BCUT2D eigenvalue weighted by Crippen LogP contribution is -2.17. The minimum absolute atomic E-state index is 0.132. The molecule has 2 rings (SSSR count). The van der Waals surface area contributed by atoms with E-state index in [1.165, 1.54) is 0 Å². The van der Waals surface area contributed by atoms with E-state index in [0.29, 0.717) is 5.82 Å². The SMILES string of the molecule is CCc1ccccc1NC(=O)c1nc(NN)ccc1Cl. The maximum atomic E-state index is 12.2. The summed E-state index contributed by atoms with van der Waals surface area (Å²) in [6.45, 7) is 2.02. The number of rotatable bonds is 4. The number of para-hydroxylation sites is 1. The third-order valence-corrected chi connectivity index (χ3v) is 3.16. The fourth-order valence-corrected chi connectivity index (χ4v) is 2.00. The zero-order valence-corrected chi connectivity index (χ0v) is 11.7. The van der Waals surface area contributed by atoms with Crippen LogP contribution in [0.2, 0.25) is 5.02 Å². The lowest BCUT2D eigenvalue weighted by Gasteiger charge is -2.10. The van der Waals surface area contributed by atoms with E-state index in [-0.39, 0.29) is 16.6 Å². The summed E-state index contributed by atoms with van der Waals surface area (Å²) in [4.78, 5) is 16.3. The number of hydrogen-bond acceptors (Lipinski definition) is 4. The second kappa shape index (κ2) is 6.36. The van der Waals surface area contributed by atoms with Gasteiger partial charge in [-0.3, -0.25) is 4.79 Å². The number of benzene rings is 1. The van der Waals surface area contributed by atoms with Crippen LogP contribution in [0.5, 0.6) is 0 Å². The van der Waals surface area contributed by atoms with Crippen LogP contribution >= 0.6 is 11.6 Å². The molecule has 5 nitrogen and oxygen atoms in total. The number of aryl methyl sites for hydroxylation is 1. The van der Waals surface area contributed by atoms with Gasteiger partial charge < -0.3 is 10.7 Å². The Balaban J connectivity index is 2.28. The molecule has 20 heavy (non-hydrogen) atoms. The van der Waals surface area contributed by atoms with Crippen LogP contribution in [0.4, 0.5) is 11.5 Å². The van der Waals surface area contributed by atoms with Crippen molar-refractivity contribution in [3.05, 3.63) is 52.7 Å². The highest BCUT2D eigenvalue weighted by atomic mass is 35.5. The summed E-state index contributed by atoms with van der Waals surface area (Å²) in [6.07, 6.45) is 0.821. The first-order valence-electron chi connectivity index (χ1n) is 6.18. The lowest BCUT2D eigenvalue weighted by molar-refractivity contribution is 0.102. The number of carbonyl (C=O) groups is 1. The number of hydrogen-bond donors (Lipinski definition) is 3. The standard InChI is InChI=1S/C14H15ClN4O/c1-2-9-5-3-4-6-11(9)17-14(20)13-10(15)7-8-12(18-13)19-16/h3-8H,2,16H2,1H3,(H,17,20)(H,18,19). The molecule has 0 aliphatic carbocycles. The number of aromatic nitrogens is 1. The molecule has 1 amide bonds. The first-order valence-corrected chi connectivity index (χ1v) is 6.56. The van der Waals surface area contributed by atoms with Crippen LogP contribution < -0.4 is 16.6 Å². The van der Waals surface area contributed by atoms with Gasteiger partial charge in [0.2, 0.25) is 0 Å². The number of carbonyl (C=O) groups excluding carboxylic acids is 1. The third-order valence-electron chi connectivity index (χ3n) is 2.86. The monoisotopic (exact) mass is 290 g/mol. The number of nitrogen functional groups attached to an aromatic ring is 1. The van der Waals surface area contributed by atoms with Gasteiger partial charge in [0.1, 0.15) is 11.5 Å². The quantitative estimate of drug-likeness (QED) is 0.597. The number of nitrogens with two attached hydrogens (primary N) is 1. The average Bonchev–Trinajstić information content (AvgIpc) is 2.48. The van der Waals surface area contributed by atoms with Gasteiger partial charge in [0.15, 0.2) is 0 Å². The number of anilines is 2. The number of pyridine rings is 1. The second-order valence-corrected chi connectivity index (χ2v) is 4.54. The fraction of sp³-hybridized carbons (Fsp3) is 0.143. The predicted octanol–water partition coefficient (Wildman–Crippen LogP) is 2.84. The van der Waals surface area contributed by atoms with Gasteiger partial charge in [0, 0.05) is 5.69 Å². The number of nitrogens with one attached hydrogen (secondary N) is 2. The van der Waals surface area contributed by atoms with Gasteiger partial charge in [-0.25, -0.2) is 10.8 Å². The van der Waals surface area contributed by atoms with Crippen molar-refractivity contribution in [2.75, 3.05) is 10.7 Å². The van der Waals surface area contributed by atoms with E-state index in [2.05, 4.69) is 15.7 Å². The van der Waals surface area contributed by atoms with Crippen molar-refractivity contribution in [1.82, 2.24) is 4.98 Å². The van der Waals surface area contributed by atoms with Crippen LogP contribution in [0.15, 0.2) is 36.4 Å². The zero-order chi connectivity index (χ0) is 14.5. The van der Waals surface area contributed by atoms with Crippen LogP contribution in [-0.2, 0) is 6.42 Å². The highest BCUT2D eigenvalue weighted by Crippen LogP contribution is 2.20. The Morgan fingerprint density at radius 3 is 2.75 bits per heavy atom. The van der Waals surface area contributed by atoms with E-state index in [0.717, 1.165) is 17.7 Å². The molecular formula is C14H15ClN4O. The van der Waals surface area contributed by atoms with E-state index in [4.69, 9.17) is 17.4 Å². The van der Waals surface area contributed by atoms with E-state index in [1.54, 1.807) is 12.1 Å². The predicted molar refractivity (Wildman–Crippen MR) is 80.8 cm³/mol. The van der Waals surface area contributed by atoms with Crippen molar-refractivity contribution in [3.63, 3.8) is 0 Å². The van der Waals surface area contributed by atoms with Crippen LogP contribution in [0, 0.1) is 0 Å². The van der Waals surface area contributed by atoms with E-state index in [9.17, 15) is 4.79 Å². The first kappa shape index (κ1) is 14.3. The molecule has 4 N–H and O–H groups in total. The number of nitrogens with zero attached hydrogens (tertiary/aromatic N) is 1. The zero-order valence-electron chi connectivity index (χ0n) is 11.0. The molecule has 2 aromatic rings.